The molecular formula is C11H18N2OS. The van der Waals surface area contributed by atoms with E-state index in [9.17, 15) is 0 Å². The van der Waals surface area contributed by atoms with Crippen molar-refractivity contribution in [1.82, 2.24) is 10.3 Å². The fourth-order valence-corrected chi connectivity index (χ4v) is 2.55. The molecule has 1 atom stereocenters. The fourth-order valence-electron chi connectivity index (χ4n) is 1.76. The molecule has 1 fully saturated rings. The van der Waals surface area contributed by atoms with Crippen LogP contribution in [-0.2, 0) is 11.2 Å². The normalized spacial score (nSPS) is 21.0. The van der Waals surface area contributed by atoms with Gasteiger partial charge in [-0.15, -0.1) is 11.3 Å². The molecule has 1 unspecified atom stereocenters. The first-order chi connectivity index (χ1) is 7.34. The lowest BCUT2D eigenvalue weighted by Gasteiger charge is -2.07. The van der Waals surface area contributed by atoms with Gasteiger partial charge in [0, 0.05) is 37.2 Å². The van der Waals surface area contributed by atoms with Crippen molar-refractivity contribution in [3.8, 4) is 0 Å². The van der Waals surface area contributed by atoms with E-state index < -0.39 is 0 Å². The van der Waals surface area contributed by atoms with Gasteiger partial charge in [0.25, 0.3) is 0 Å². The number of hydrogen-bond donors (Lipinski definition) is 1. The average molecular weight is 226 g/mol. The molecule has 1 aliphatic heterocycles. The Kier molecular flexibility index (Phi) is 4.11. The number of nitrogens with one attached hydrogen (secondary N) is 1. The van der Waals surface area contributed by atoms with Crippen LogP contribution in [-0.4, -0.2) is 31.3 Å². The van der Waals surface area contributed by atoms with Gasteiger partial charge in [0.1, 0.15) is 0 Å². The molecule has 2 heterocycles. The van der Waals surface area contributed by atoms with Crippen molar-refractivity contribution < 1.29 is 4.74 Å². The number of hydrogen-bond acceptors (Lipinski definition) is 4. The summed E-state index contributed by atoms with van der Waals surface area (Å²) in [5.41, 5.74) is 0. The predicted octanol–water partition coefficient (Wildman–Crippen LogP) is 1.62. The predicted molar refractivity (Wildman–Crippen MR) is 62.4 cm³/mol. The van der Waals surface area contributed by atoms with Crippen molar-refractivity contribution in [1.29, 1.82) is 0 Å². The SMILES string of the molecule is Cc1cnc(CCNCC2CCOC2)s1. The molecule has 1 N–H and O–H groups in total. The van der Waals surface area contributed by atoms with Gasteiger partial charge in [-0.2, -0.15) is 0 Å². The van der Waals surface area contributed by atoms with Crippen LogP contribution in [0.1, 0.15) is 16.3 Å². The summed E-state index contributed by atoms with van der Waals surface area (Å²) in [5.74, 6) is 0.725. The third-order valence-electron chi connectivity index (χ3n) is 2.64. The fraction of sp³-hybridized carbons (Fsp3) is 0.727. The highest BCUT2D eigenvalue weighted by Crippen LogP contribution is 2.12. The Labute approximate surface area is 94.9 Å². The van der Waals surface area contributed by atoms with Gasteiger partial charge in [-0.25, -0.2) is 4.98 Å². The Morgan fingerprint density at radius 3 is 3.27 bits per heavy atom. The van der Waals surface area contributed by atoms with Gasteiger partial charge in [-0.1, -0.05) is 0 Å². The quantitative estimate of drug-likeness (QED) is 0.775. The molecule has 15 heavy (non-hydrogen) atoms. The first-order valence-electron chi connectivity index (χ1n) is 5.54. The molecule has 0 aromatic carbocycles. The highest BCUT2D eigenvalue weighted by molar-refractivity contribution is 7.11. The minimum absolute atomic E-state index is 0.725. The van der Waals surface area contributed by atoms with E-state index >= 15 is 0 Å². The molecule has 0 bridgehead atoms. The topological polar surface area (TPSA) is 34.2 Å². The summed E-state index contributed by atoms with van der Waals surface area (Å²) in [4.78, 5) is 5.64. The molecule has 84 valence electrons. The van der Waals surface area contributed by atoms with Crippen molar-refractivity contribution >= 4 is 11.3 Å². The molecule has 0 saturated carbocycles. The van der Waals surface area contributed by atoms with Crippen molar-refractivity contribution in [3.63, 3.8) is 0 Å². The summed E-state index contributed by atoms with van der Waals surface area (Å²) in [6.07, 6.45) is 4.21. The zero-order chi connectivity index (χ0) is 10.5. The van der Waals surface area contributed by atoms with E-state index in [1.165, 1.54) is 16.3 Å². The molecule has 1 saturated heterocycles. The number of rotatable bonds is 5. The van der Waals surface area contributed by atoms with Crippen molar-refractivity contribution in [2.45, 2.75) is 19.8 Å². The number of aromatic nitrogens is 1. The average Bonchev–Trinajstić information content (AvgIpc) is 2.84. The Bertz CT molecular complexity index is 295. The Morgan fingerprint density at radius 2 is 2.60 bits per heavy atom. The smallest absolute Gasteiger partial charge is 0.0940 e. The molecule has 1 aromatic heterocycles. The maximum atomic E-state index is 5.33. The Hall–Kier alpha value is -0.450. The Balaban J connectivity index is 1.58. The van der Waals surface area contributed by atoms with Crippen LogP contribution in [0.2, 0.25) is 0 Å². The van der Waals surface area contributed by atoms with Crippen LogP contribution in [0, 0.1) is 12.8 Å². The summed E-state index contributed by atoms with van der Waals surface area (Å²) >= 11 is 1.79. The summed E-state index contributed by atoms with van der Waals surface area (Å²) in [7, 11) is 0. The molecule has 3 nitrogen and oxygen atoms in total. The number of thiazole rings is 1. The molecule has 0 spiro atoms. The zero-order valence-electron chi connectivity index (χ0n) is 9.16. The maximum Gasteiger partial charge on any atom is 0.0940 e. The zero-order valence-corrected chi connectivity index (χ0v) is 9.98. The van der Waals surface area contributed by atoms with E-state index in [4.69, 9.17) is 4.74 Å². The van der Waals surface area contributed by atoms with Gasteiger partial charge in [0.15, 0.2) is 0 Å². The second kappa shape index (κ2) is 5.58. The van der Waals surface area contributed by atoms with E-state index in [1.54, 1.807) is 11.3 Å². The lowest BCUT2D eigenvalue weighted by atomic mass is 10.1. The number of aryl methyl sites for hydroxylation is 1. The highest BCUT2D eigenvalue weighted by Gasteiger charge is 2.14. The van der Waals surface area contributed by atoms with Crippen LogP contribution >= 0.6 is 11.3 Å². The van der Waals surface area contributed by atoms with Crippen LogP contribution in [0.25, 0.3) is 0 Å². The van der Waals surface area contributed by atoms with E-state index in [-0.39, 0.29) is 0 Å². The van der Waals surface area contributed by atoms with Gasteiger partial charge in [0.2, 0.25) is 0 Å². The van der Waals surface area contributed by atoms with E-state index in [2.05, 4.69) is 17.2 Å². The number of ether oxygens (including phenoxy) is 1. The second-order valence-electron chi connectivity index (χ2n) is 4.05. The molecule has 1 aliphatic rings. The second-order valence-corrected chi connectivity index (χ2v) is 5.37. The van der Waals surface area contributed by atoms with Crippen LogP contribution in [0.4, 0.5) is 0 Å². The first-order valence-corrected chi connectivity index (χ1v) is 6.36. The van der Waals surface area contributed by atoms with Gasteiger partial charge in [0.05, 0.1) is 11.6 Å². The first kappa shape index (κ1) is 11.0. The summed E-state index contributed by atoms with van der Waals surface area (Å²) in [5, 5.41) is 4.71. The molecule has 1 aromatic rings. The highest BCUT2D eigenvalue weighted by atomic mass is 32.1. The standard InChI is InChI=1S/C11H18N2OS/c1-9-6-13-11(15-9)2-4-12-7-10-3-5-14-8-10/h6,10,12H,2-5,7-8H2,1H3. The molecule has 0 amide bonds. The van der Waals surface area contributed by atoms with Crippen LogP contribution in [0.5, 0.6) is 0 Å². The van der Waals surface area contributed by atoms with Crippen molar-refractivity contribution in [2.75, 3.05) is 26.3 Å². The third-order valence-corrected chi connectivity index (χ3v) is 3.61. The summed E-state index contributed by atoms with van der Waals surface area (Å²) in [6.45, 7) is 6.10. The maximum absolute atomic E-state index is 5.33. The summed E-state index contributed by atoms with van der Waals surface area (Å²) < 4.78 is 5.33. The van der Waals surface area contributed by atoms with Gasteiger partial charge >= 0.3 is 0 Å². The number of nitrogens with zero attached hydrogens (tertiary/aromatic N) is 1. The van der Waals surface area contributed by atoms with E-state index in [1.807, 2.05) is 6.20 Å². The minimum Gasteiger partial charge on any atom is -0.381 e. The van der Waals surface area contributed by atoms with Gasteiger partial charge in [-0.3, -0.25) is 0 Å². The van der Waals surface area contributed by atoms with Crippen molar-refractivity contribution in [3.05, 3.63) is 16.1 Å². The molecular weight excluding hydrogens is 208 g/mol. The van der Waals surface area contributed by atoms with E-state index in [0.717, 1.165) is 38.6 Å². The molecule has 0 radical (unpaired) electrons. The lowest BCUT2D eigenvalue weighted by molar-refractivity contribution is 0.185. The van der Waals surface area contributed by atoms with E-state index in [0.29, 0.717) is 0 Å². The summed E-state index contributed by atoms with van der Waals surface area (Å²) in [6, 6.07) is 0. The minimum atomic E-state index is 0.725. The third kappa shape index (κ3) is 3.55. The Morgan fingerprint density at radius 1 is 1.67 bits per heavy atom. The van der Waals surface area contributed by atoms with Gasteiger partial charge < -0.3 is 10.1 Å². The molecule has 2 rings (SSSR count). The molecule has 0 aliphatic carbocycles. The monoisotopic (exact) mass is 226 g/mol. The van der Waals surface area contributed by atoms with Gasteiger partial charge in [-0.05, 0) is 19.3 Å². The lowest BCUT2D eigenvalue weighted by Crippen LogP contribution is -2.25. The van der Waals surface area contributed by atoms with Crippen LogP contribution < -0.4 is 5.32 Å². The van der Waals surface area contributed by atoms with Crippen molar-refractivity contribution in [2.24, 2.45) is 5.92 Å². The molecule has 4 heteroatoms. The van der Waals surface area contributed by atoms with Crippen LogP contribution in [0.3, 0.4) is 0 Å². The largest absolute Gasteiger partial charge is 0.381 e. The van der Waals surface area contributed by atoms with Crippen LogP contribution in [0.15, 0.2) is 6.20 Å².